The second-order valence-electron chi connectivity index (χ2n) is 7.60. The van der Waals surface area contributed by atoms with Crippen molar-refractivity contribution in [2.75, 3.05) is 27.3 Å². The normalized spacial score (nSPS) is 19.1. The van der Waals surface area contributed by atoms with E-state index in [1.54, 1.807) is 13.8 Å². The minimum atomic E-state index is -0.729. The number of esters is 2. The van der Waals surface area contributed by atoms with Crippen LogP contribution in [0.4, 0.5) is 0 Å². The van der Waals surface area contributed by atoms with Crippen LogP contribution < -0.4 is 0 Å². The van der Waals surface area contributed by atoms with Gasteiger partial charge in [-0.15, -0.1) is 0 Å². The van der Waals surface area contributed by atoms with E-state index in [9.17, 15) is 9.59 Å². The summed E-state index contributed by atoms with van der Waals surface area (Å²) in [7, 11) is 3.71. The maximum Gasteiger partial charge on any atom is 0.336 e. The number of hydrogen-bond donors (Lipinski definition) is 0. The van der Waals surface area contributed by atoms with Gasteiger partial charge in [0.25, 0.3) is 0 Å². The van der Waals surface area contributed by atoms with Crippen LogP contribution in [0.1, 0.15) is 44.7 Å². The van der Waals surface area contributed by atoms with Crippen LogP contribution in [-0.4, -0.2) is 50.0 Å². The molecule has 6 heteroatoms. The van der Waals surface area contributed by atoms with E-state index in [1.165, 1.54) is 0 Å². The van der Waals surface area contributed by atoms with Crippen LogP contribution in [0.25, 0.3) is 0 Å². The Labute approximate surface area is 173 Å². The van der Waals surface area contributed by atoms with Gasteiger partial charge in [-0.25, -0.2) is 9.79 Å². The molecule has 1 heterocycles. The number of amidine groups is 1. The summed E-state index contributed by atoms with van der Waals surface area (Å²) < 4.78 is 10.8. The van der Waals surface area contributed by atoms with Crippen LogP contribution in [0.15, 0.2) is 40.5 Å². The molecule has 0 aliphatic carbocycles. The van der Waals surface area contributed by atoms with Crippen LogP contribution >= 0.6 is 0 Å². The van der Waals surface area contributed by atoms with E-state index in [0.29, 0.717) is 17.1 Å². The Kier molecular flexibility index (Phi) is 7.59. The Bertz CT molecular complexity index is 824. The Balaban J connectivity index is 2.85. The third kappa shape index (κ3) is 4.69. The van der Waals surface area contributed by atoms with E-state index in [1.807, 2.05) is 64.0 Å². The summed E-state index contributed by atoms with van der Waals surface area (Å²) in [6.07, 6.45) is 0. The number of aliphatic imine (C=N–C) groups is 1. The number of ether oxygens (including phenoxy) is 2. The molecule has 0 spiro atoms. The van der Waals surface area contributed by atoms with Crippen molar-refractivity contribution < 1.29 is 19.1 Å². The van der Waals surface area contributed by atoms with Gasteiger partial charge >= 0.3 is 11.9 Å². The van der Waals surface area contributed by atoms with Crippen molar-refractivity contribution >= 4 is 17.8 Å². The number of aryl methyl sites for hydroxylation is 1. The molecule has 0 radical (unpaired) electrons. The van der Waals surface area contributed by atoms with Gasteiger partial charge in [-0.3, -0.25) is 4.79 Å². The summed E-state index contributed by atoms with van der Waals surface area (Å²) in [4.78, 5) is 32.8. The zero-order chi connectivity index (χ0) is 21.7. The Morgan fingerprint density at radius 3 is 2.24 bits per heavy atom. The zero-order valence-corrected chi connectivity index (χ0v) is 18.5. The van der Waals surface area contributed by atoms with Crippen LogP contribution in [0.2, 0.25) is 0 Å². The first-order valence-corrected chi connectivity index (χ1v) is 10.1. The van der Waals surface area contributed by atoms with Crippen molar-refractivity contribution in [1.29, 1.82) is 0 Å². The molecule has 0 fully saturated rings. The van der Waals surface area contributed by atoms with Crippen LogP contribution in [-0.2, 0) is 19.1 Å². The smallest absolute Gasteiger partial charge is 0.336 e. The minimum Gasteiger partial charge on any atom is -0.465 e. The fraction of sp³-hybridized carbons (Fsp3) is 0.522. The highest BCUT2D eigenvalue weighted by atomic mass is 16.5. The van der Waals surface area contributed by atoms with Gasteiger partial charge in [0.1, 0.15) is 11.8 Å². The molecule has 1 aliphatic heterocycles. The van der Waals surface area contributed by atoms with Crippen LogP contribution in [0.3, 0.4) is 0 Å². The molecule has 2 rings (SSSR count). The van der Waals surface area contributed by atoms with Crippen molar-refractivity contribution in [3.8, 4) is 0 Å². The number of carbonyl (C=O) groups excluding carboxylic acids is 2. The Morgan fingerprint density at radius 2 is 1.72 bits per heavy atom. The molecule has 0 saturated carbocycles. The average molecular weight is 401 g/mol. The number of hydrogen-bond acceptors (Lipinski definition) is 6. The van der Waals surface area contributed by atoms with Gasteiger partial charge in [0.15, 0.2) is 0 Å². The SMILES string of the molecule is CCOC(=O)C1=C(C(C)C)N=C(N(C)C)C(C(=O)OCC)C1c1ccccc1C. The largest absolute Gasteiger partial charge is 0.465 e. The quantitative estimate of drug-likeness (QED) is 0.681. The summed E-state index contributed by atoms with van der Waals surface area (Å²) in [6.45, 7) is 10.0. The summed E-state index contributed by atoms with van der Waals surface area (Å²) >= 11 is 0. The van der Waals surface area contributed by atoms with Crippen molar-refractivity contribution in [1.82, 2.24) is 4.90 Å². The number of rotatable bonds is 6. The second kappa shape index (κ2) is 9.72. The molecule has 158 valence electrons. The number of allylic oxidation sites excluding steroid dienone is 1. The van der Waals surface area contributed by atoms with Gasteiger partial charge in [-0.05, 0) is 37.8 Å². The highest BCUT2D eigenvalue weighted by Gasteiger charge is 2.46. The zero-order valence-electron chi connectivity index (χ0n) is 18.5. The topological polar surface area (TPSA) is 68.2 Å². The lowest BCUT2D eigenvalue weighted by Gasteiger charge is -2.36. The number of carbonyl (C=O) groups is 2. The van der Waals surface area contributed by atoms with Crippen molar-refractivity contribution in [3.05, 3.63) is 46.7 Å². The molecule has 2 atom stereocenters. The molecular formula is C23H32N2O4. The summed E-state index contributed by atoms with van der Waals surface area (Å²) in [6, 6.07) is 7.81. The summed E-state index contributed by atoms with van der Waals surface area (Å²) in [5, 5.41) is 0. The van der Waals surface area contributed by atoms with Gasteiger partial charge < -0.3 is 14.4 Å². The fourth-order valence-corrected chi connectivity index (χ4v) is 3.73. The van der Waals surface area contributed by atoms with Crippen LogP contribution in [0.5, 0.6) is 0 Å². The van der Waals surface area contributed by atoms with Crippen molar-refractivity contribution in [2.24, 2.45) is 16.8 Å². The predicted octanol–water partition coefficient (Wildman–Crippen LogP) is 3.70. The van der Waals surface area contributed by atoms with Gasteiger partial charge in [0, 0.05) is 20.0 Å². The summed E-state index contributed by atoms with van der Waals surface area (Å²) in [5.74, 6) is -1.50. The first kappa shape index (κ1) is 22.7. The standard InChI is InChI=1S/C23H32N2O4/c1-8-28-22(26)18-17(16-13-11-10-12-15(16)5)19(23(27)29-9-2)21(25(6)7)24-20(18)14(3)4/h10-14,17,19H,8-9H2,1-7H3. The monoisotopic (exact) mass is 400 g/mol. The summed E-state index contributed by atoms with van der Waals surface area (Å²) in [5.41, 5.74) is 3.00. The highest BCUT2D eigenvalue weighted by molar-refractivity contribution is 6.07. The molecule has 6 nitrogen and oxygen atoms in total. The lowest BCUT2D eigenvalue weighted by atomic mass is 9.74. The lowest BCUT2D eigenvalue weighted by Crippen LogP contribution is -2.44. The van der Waals surface area contributed by atoms with E-state index < -0.39 is 23.8 Å². The fourth-order valence-electron chi connectivity index (χ4n) is 3.73. The molecule has 2 unspecified atom stereocenters. The van der Waals surface area contributed by atoms with Crippen molar-refractivity contribution in [3.63, 3.8) is 0 Å². The van der Waals surface area contributed by atoms with E-state index in [0.717, 1.165) is 11.1 Å². The molecule has 0 N–H and O–H groups in total. The molecule has 0 saturated heterocycles. The van der Waals surface area contributed by atoms with E-state index in [4.69, 9.17) is 14.5 Å². The Hall–Kier alpha value is -2.63. The molecule has 0 aromatic heterocycles. The van der Waals surface area contributed by atoms with Gasteiger partial charge in [0.05, 0.1) is 24.5 Å². The van der Waals surface area contributed by atoms with E-state index in [-0.39, 0.29) is 19.1 Å². The number of benzene rings is 1. The van der Waals surface area contributed by atoms with Gasteiger partial charge in [-0.2, -0.15) is 0 Å². The molecule has 1 aromatic rings. The molecule has 1 aliphatic rings. The molecule has 1 aromatic carbocycles. The molecule has 29 heavy (non-hydrogen) atoms. The molecule has 0 amide bonds. The maximum atomic E-state index is 13.1. The van der Waals surface area contributed by atoms with Gasteiger partial charge in [-0.1, -0.05) is 38.1 Å². The maximum absolute atomic E-state index is 13.1. The van der Waals surface area contributed by atoms with Crippen molar-refractivity contribution in [2.45, 2.75) is 40.5 Å². The third-order valence-electron chi connectivity index (χ3n) is 5.00. The van der Waals surface area contributed by atoms with Crippen LogP contribution in [0, 0.1) is 18.8 Å². The first-order chi connectivity index (χ1) is 13.7. The molecular weight excluding hydrogens is 368 g/mol. The number of nitrogens with zero attached hydrogens (tertiary/aromatic N) is 2. The minimum absolute atomic E-state index is 0.0148. The first-order valence-electron chi connectivity index (χ1n) is 10.1. The predicted molar refractivity (Wildman–Crippen MR) is 114 cm³/mol. The molecule has 0 bridgehead atoms. The third-order valence-corrected chi connectivity index (χ3v) is 5.00. The van der Waals surface area contributed by atoms with E-state index >= 15 is 0 Å². The lowest BCUT2D eigenvalue weighted by molar-refractivity contribution is -0.146. The van der Waals surface area contributed by atoms with E-state index in [2.05, 4.69) is 0 Å². The van der Waals surface area contributed by atoms with Gasteiger partial charge in [0.2, 0.25) is 0 Å². The second-order valence-corrected chi connectivity index (χ2v) is 7.60. The Morgan fingerprint density at radius 1 is 1.10 bits per heavy atom. The average Bonchev–Trinajstić information content (AvgIpc) is 2.66. The highest BCUT2D eigenvalue weighted by Crippen LogP contribution is 2.43.